The van der Waals surface area contributed by atoms with E-state index >= 15 is 0 Å². The lowest BCUT2D eigenvalue weighted by atomic mass is 10.0. The molecule has 34 heavy (non-hydrogen) atoms. The van der Waals surface area contributed by atoms with Crippen molar-refractivity contribution >= 4 is 17.3 Å². The Balaban J connectivity index is 1.31. The van der Waals surface area contributed by atoms with Gasteiger partial charge in [0.25, 0.3) is 0 Å². The number of nitrogens with one attached hydrogen (secondary N) is 1. The van der Waals surface area contributed by atoms with Crippen molar-refractivity contribution in [2.24, 2.45) is 0 Å². The second kappa shape index (κ2) is 9.67. The maximum Gasteiger partial charge on any atom is 0.227 e. The SMILES string of the molecule is COc1cc(N2CCN(C3COC3)CC2)ccc1Nc1nccc(-c2ccc(C)c(C#N)c2)n1. The molecule has 0 atom stereocenters. The van der Waals surface area contributed by atoms with E-state index in [1.807, 2.05) is 37.3 Å². The Morgan fingerprint density at radius 3 is 2.62 bits per heavy atom. The molecule has 0 unspecified atom stereocenters. The molecular weight excluding hydrogens is 428 g/mol. The van der Waals surface area contributed by atoms with Crippen LogP contribution in [0.3, 0.4) is 0 Å². The topological polar surface area (TPSA) is 86.5 Å². The van der Waals surface area contributed by atoms with Crippen LogP contribution >= 0.6 is 0 Å². The van der Waals surface area contributed by atoms with Gasteiger partial charge in [0.2, 0.25) is 5.95 Å². The molecule has 2 aliphatic rings. The maximum absolute atomic E-state index is 9.34. The monoisotopic (exact) mass is 456 g/mol. The summed E-state index contributed by atoms with van der Waals surface area (Å²) in [5.74, 6) is 1.21. The van der Waals surface area contributed by atoms with Gasteiger partial charge in [0.15, 0.2) is 0 Å². The second-order valence-corrected chi connectivity index (χ2v) is 8.63. The van der Waals surface area contributed by atoms with E-state index < -0.39 is 0 Å². The fourth-order valence-electron chi connectivity index (χ4n) is 4.36. The van der Waals surface area contributed by atoms with Gasteiger partial charge in [0.05, 0.1) is 49.4 Å². The number of methoxy groups -OCH3 is 1. The van der Waals surface area contributed by atoms with Crippen LogP contribution in [-0.4, -0.2) is 67.4 Å². The molecule has 3 aromatic rings. The highest BCUT2D eigenvalue weighted by atomic mass is 16.5. The number of piperazine rings is 1. The first-order chi connectivity index (χ1) is 16.6. The molecular formula is C26H28N6O2. The van der Waals surface area contributed by atoms with E-state index in [1.165, 1.54) is 0 Å². The van der Waals surface area contributed by atoms with Crippen LogP contribution in [0.25, 0.3) is 11.3 Å². The first-order valence-electron chi connectivity index (χ1n) is 11.5. The van der Waals surface area contributed by atoms with Crippen molar-refractivity contribution in [3.8, 4) is 23.1 Å². The number of nitriles is 1. The Kier molecular flexibility index (Phi) is 6.30. The van der Waals surface area contributed by atoms with Gasteiger partial charge in [-0.25, -0.2) is 9.97 Å². The largest absolute Gasteiger partial charge is 0.494 e. The van der Waals surface area contributed by atoms with Gasteiger partial charge >= 0.3 is 0 Å². The van der Waals surface area contributed by atoms with Crippen molar-refractivity contribution in [2.75, 3.05) is 56.7 Å². The molecule has 0 bridgehead atoms. The van der Waals surface area contributed by atoms with Crippen LogP contribution in [-0.2, 0) is 4.74 Å². The van der Waals surface area contributed by atoms with Gasteiger partial charge < -0.3 is 19.7 Å². The van der Waals surface area contributed by atoms with Crippen LogP contribution in [0, 0.1) is 18.3 Å². The van der Waals surface area contributed by atoms with Crippen molar-refractivity contribution in [1.82, 2.24) is 14.9 Å². The molecule has 8 nitrogen and oxygen atoms in total. The Bertz CT molecular complexity index is 1210. The van der Waals surface area contributed by atoms with Crippen LogP contribution < -0.4 is 15.0 Å². The predicted molar refractivity (Wildman–Crippen MR) is 132 cm³/mol. The minimum absolute atomic E-state index is 0.471. The van der Waals surface area contributed by atoms with E-state index in [0.717, 1.165) is 73.3 Å². The van der Waals surface area contributed by atoms with Crippen LogP contribution in [0.1, 0.15) is 11.1 Å². The number of nitrogens with zero attached hydrogens (tertiary/aromatic N) is 5. The summed E-state index contributed by atoms with van der Waals surface area (Å²) in [5.41, 5.74) is 5.16. The predicted octanol–water partition coefficient (Wildman–Crippen LogP) is 3.60. The number of benzene rings is 2. The number of ether oxygens (including phenoxy) is 2. The lowest BCUT2D eigenvalue weighted by molar-refractivity contribution is -0.0660. The summed E-state index contributed by atoms with van der Waals surface area (Å²) in [5, 5.41) is 12.6. The third-order valence-corrected chi connectivity index (χ3v) is 6.56. The van der Waals surface area contributed by atoms with Crippen LogP contribution in [0.2, 0.25) is 0 Å². The first kappa shape index (κ1) is 22.1. The lowest BCUT2D eigenvalue weighted by Crippen LogP contribution is -2.56. The molecule has 2 aromatic carbocycles. The highest BCUT2D eigenvalue weighted by molar-refractivity contribution is 5.70. The van der Waals surface area contributed by atoms with Gasteiger partial charge in [-0.3, -0.25) is 4.90 Å². The zero-order valence-corrected chi connectivity index (χ0v) is 19.5. The Morgan fingerprint density at radius 1 is 1.09 bits per heavy atom. The Morgan fingerprint density at radius 2 is 1.91 bits per heavy atom. The van der Waals surface area contributed by atoms with Crippen LogP contribution in [0.4, 0.5) is 17.3 Å². The highest BCUT2D eigenvalue weighted by Gasteiger charge is 2.29. The average Bonchev–Trinajstić information content (AvgIpc) is 2.84. The van der Waals surface area contributed by atoms with Crippen molar-refractivity contribution in [2.45, 2.75) is 13.0 Å². The van der Waals surface area contributed by atoms with Crippen molar-refractivity contribution in [3.63, 3.8) is 0 Å². The molecule has 0 amide bonds. The van der Waals surface area contributed by atoms with Crippen molar-refractivity contribution < 1.29 is 9.47 Å². The quantitative estimate of drug-likeness (QED) is 0.602. The molecule has 3 heterocycles. The van der Waals surface area contributed by atoms with Gasteiger partial charge in [0, 0.05) is 49.7 Å². The summed E-state index contributed by atoms with van der Waals surface area (Å²) < 4.78 is 11.0. The van der Waals surface area contributed by atoms with E-state index in [9.17, 15) is 5.26 Å². The van der Waals surface area contributed by atoms with E-state index in [1.54, 1.807) is 13.3 Å². The van der Waals surface area contributed by atoms with Gasteiger partial charge in [-0.15, -0.1) is 0 Å². The van der Waals surface area contributed by atoms with Gasteiger partial charge in [-0.05, 0) is 36.8 Å². The minimum Gasteiger partial charge on any atom is -0.494 e. The summed E-state index contributed by atoms with van der Waals surface area (Å²) in [4.78, 5) is 13.9. The Hall–Kier alpha value is -3.67. The second-order valence-electron chi connectivity index (χ2n) is 8.63. The van der Waals surface area contributed by atoms with Crippen molar-refractivity contribution in [3.05, 3.63) is 59.8 Å². The molecule has 1 N–H and O–H groups in total. The zero-order chi connectivity index (χ0) is 23.5. The smallest absolute Gasteiger partial charge is 0.227 e. The van der Waals surface area contributed by atoms with E-state index in [0.29, 0.717) is 17.6 Å². The van der Waals surface area contributed by atoms with Crippen molar-refractivity contribution in [1.29, 1.82) is 5.26 Å². The number of rotatable bonds is 6. The molecule has 2 aliphatic heterocycles. The number of hydrogen-bond acceptors (Lipinski definition) is 8. The normalized spacial score (nSPS) is 16.6. The fourth-order valence-corrected chi connectivity index (χ4v) is 4.36. The average molecular weight is 457 g/mol. The van der Waals surface area contributed by atoms with E-state index in [-0.39, 0.29) is 0 Å². The molecule has 0 radical (unpaired) electrons. The number of hydrogen-bond donors (Lipinski definition) is 1. The summed E-state index contributed by atoms with van der Waals surface area (Å²) in [6.07, 6.45) is 1.71. The minimum atomic E-state index is 0.471. The fraction of sp³-hybridized carbons (Fsp3) is 0.346. The summed E-state index contributed by atoms with van der Waals surface area (Å²) in [6, 6.07) is 16.6. The standard InChI is InChI=1S/C26H28N6O2/c1-18-3-4-19(13-20(18)15-27)23-7-8-28-26(29-23)30-24-6-5-21(14-25(24)33-2)31-9-11-32(12-10-31)22-16-34-17-22/h3-8,13-14,22H,9-12,16-17H2,1-2H3,(H,28,29,30). The first-order valence-corrected chi connectivity index (χ1v) is 11.5. The Labute approximate surface area is 199 Å². The molecule has 0 saturated carbocycles. The van der Waals surface area contributed by atoms with E-state index in [2.05, 4.69) is 43.3 Å². The molecule has 174 valence electrons. The van der Waals surface area contributed by atoms with Gasteiger partial charge in [0.1, 0.15) is 5.75 Å². The van der Waals surface area contributed by atoms with Crippen LogP contribution in [0.15, 0.2) is 48.7 Å². The molecule has 0 aliphatic carbocycles. The molecule has 2 fully saturated rings. The number of anilines is 3. The summed E-state index contributed by atoms with van der Waals surface area (Å²) in [6.45, 7) is 7.71. The molecule has 2 saturated heterocycles. The molecule has 8 heteroatoms. The lowest BCUT2D eigenvalue weighted by Gasteiger charge is -2.43. The summed E-state index contributed by atoms with van der Waals surface area (Å²) >= 11 is 0. The molecule has 1 aromatic heterocycles. The molecule has 5 rings (SSSR count). The maximum atomic E-state index is 9.34. The zero-order valence-electron chi connectivity index (χ0n) is 19.5. The number of aromatic nitrogens is 2. The van der Waals surface area contributed by atoms with E-state index in [4.69, 9.17) is 9.47 Å². The summed E-state index contributed by atoms with van der Waals surface area (Å²) in [7, 11) is 1.67. The van der Waals surface area contributed by atoms with Gasteiger partial charge in [-0.2, -0.15) is 5.26 Å². The highest BCUT2D eigenvalue weighted by Crippen LogP contribution is 2.32. The molecule has 0 spiro atoms. The third-order valence-electron chi connectivity index (χ3n) is 6.56. The third kappa shape index (κ3) is 4.53. The van der Waals surface area contributed by atoms with Gasteiger partial charge in [-0.1, -0.05) is 12.1 Å². The van der Waals surface area contributed by atoms with Crippen LogP contribution in [0.5, 0.6) is 5.75 Å². The number of aryl methyl sites for hydroxylation is 1.